The minimum atomic E-state index is -0.762. The van der Waals surface area contributed by atoms with Gasteiger partial charge in [0.15, 0.2) is 11.4 Å². The van der Waals surface area contributed by atoms with Gasteiger partial charge in [-0.1, -0.05) is 6.07 Å². The summed E-state index contributed by atoms with van der Waals surface area (Å²) in [6.07, 6.45) is 3.79. The molecule has 2 aromatic carbocycles. The van der Waals surface area contributed by atoms with Crippen LogP contribution in [-0.2, 0) is 25.6 Å². The summed E-state index contributed by atoms with van der Waals surface area (Å²) in [5, 5.41) is 13.8. The molecule has 0 radical (unpaired) electrons. The standard InChI is InChI=1S/C30H36F2N4O6/c1-35(40-2)16-22-10-11-23(17-41-24-12-3-18(4-13-24)29(38)39)36(22)26(37)15-19-5-14-25-28(27(19)32)42-30(34-25)33-21-8-6-20(31)7-9-21/h5-9,14,18,22-24H,3-4,10-13,15-17H2,1-2H3,(H,33,34)(H,38,39)/t18?,22-,23-,24?/m0/s1. The van der Waals surface area contributed by atoms with Crippen molar-refractivity contribution in [2.45, 2.75) is 63.1 Å². The number of anilines is 2. The van der Waals surface area contributed by atoms with Crippen LogP contribution in [-0.4, -0.2) is 77.4 Å². The number of hydrogen-bond donors (Lipinski definition) is 2. The van der Waals surface area contributed by atoms with Crippen molar-refractivity contribution in [3.05, 3.63) is 53.6 Å². The minimum absolute atomic E-state index is 0.0396. The van der Waals surface area contributed by atoms with E-state index in [-0.39, 0.29) is 64.9 Å². The number of benzene rings is 2. The number of carbonyl (C=O) groups is 2. The summed E-state index contributed by atoms with van der Waals surface area (Å²) < 4.78 is 40.6. The van der Waals surface area contributed by atoms with Crippen molar-refractivity contribution >= 4 is 34.7 Å². The van der Waals surface area contributed by atoms with E-state index in [9.17, 15) is 19.1 Å². The normalized spacial score (nSPS) is 22.6. The van der Waals surface area contributed by atoms with Gasteiger partial charge in [0, 0.05) is 30.9 Å². The number of halogens is 2. The molecule has 2 N–H and O–H groups in total. The highest BCUT2D eigenvalue weighted by molar-refractivity contribution is 5.83. The fraction of sp³-hybridized carbons (Fsp3) is 0.500. The molecule has 2 fully saturated rings. The van der Waals surface area contributed by atoms with Gasteiger partial charge in [-0.15, -0.1) is 0 Å². The Labute approximate surface area is 242 Å². The zero-order chi connectivity index (χ0) is 29.8. The predicted molar refractivity (Wildman–Crippen MR) is 150 cm³/mol. The van der Waals surface area contributed by atoms with E-state index in [1.165, 1.54) is 24.3 Å². The van der Waals surface area contributed by atoms with Gasteiger partial charge in [-0.3, -0.25) is 9.59 Å². The number of hydroxylamine groups is 2. The Kier molecular flexibility index (Phi) is 9.34. The van der Waals surface area contributed by atoms with Gasteiger partial charge < -0.3 is 29.3 Å². The third-order valence-corrected chi connectivity index (χ3v) is 8.25. The number of rotatable bonds is 11. The number of likely N-dealkylation sites (tertiary alicyclic amines) is 1. The molecule has 1 saturated heterocycles. The van der Waals surface area contributed by atoms with E-state index in [2.05, 4.69) is 10.3 Å². The molecule has 226 valence electrons. The van der Waals surface area contributed by atoms with Gasteiger partial charge in [0.05, 0.1) is 38.2 Å². The first-order valence-corrected chi connectivity index (χ1v) is 14.2. The number of nitrogens with zero attached hydrogens (tertiary/aromatic N) is 3. The number of likely N-dealkylation sites (N-methyl/N-ethyl adjacent to an activating group) is 1. The quantitative estimate of drug-likeness (QED) is 0.303. The number of carboxylic acid groups (broad SMARTS) is 1. The van der Waals surface area contributed by atoms with Crippen molar-refractivity contribution in [1.29, 1.82) is 0 Å². The second-order valence-corrected chi connectivity index (χ2v) is 11.0. The number of aliphatic carboxylic acids is 1. The maximum Gasteiger partial charge on any atom is 0.306 e. The fourth-order valence-corrected chi connectivity index (χ4v) is 5.91. The Morgan fingerprint density at radius 3 is 2.48 bits per heavy atom. The smallest absolute Gasteiger partial charge is 0.306 e. The van der Waals surface area contributed by atoms with Crippen LogP contribution in [0.2, 0.25) is 0 Å². The first kappa shape index (κ1) is 29.9. The first-order chi connectivity index (χ1) is 20.2. The molecule has 5 rings (SSSR count). The Balaban J connectivity index is 1.28. The molecular weight excluding hydrogens is 550 g/mol. The minimum Gasteiger partial charge on any atom is -0.481 e. The average molecular weight is 587 g/mol. The van der Waals surface area contributed by atoms with Crippen LogP contribution in [0.4, 0.5) is 20.5 Å². The lowest BCUT2D eigenvalue weighted by Crippen LogP contribution is -2.48. The van der Waals surface area contributed by atoms with Crippen LogP contribution in [0.15, 0.2) is 40.8 Å². The van der Waals surface area contributed by atoms with Crippen LogP contribution in [0.5, 0.6) is 0 Å². The van der Waals surface area contributed by atoms with Crippen LogP contribution >= 0.6 is 0 Å². The topological polar surface area (TPSA) is 117 Å². The molecular formula is C30H36F2N4O6. The number of nitrogens with one attached hydrogen (secondary N) is 1. The van der Waals surface area contributed by atoms with Gasteiger partial charge in [-0.25, -0.2) is 8.78 Å². The summed E-state index contributed by atoms with van der Waals surface area (Å²) in [5.41, 5.74) is 0.939. The molecule has 0 spiro atoms. The van der Waals surface area contributed by atoms with E-state index in [0.717, 1.165) is 12.8 Å². The summed E-state index contributed by atoms with van der Waals surface area (Å²) in [4.78, 5) is 36.4. The first-order valence-electron chi connectivity index (χ1n) is 14.2. The van der Waals surface area contributed by atoms with Crippen LogP contribution in [0.3, 0.4) is 0 Å². The van der Waals surface area contributed by atoms with Gasteiger partial charge in [-0.2, -0.15) is 10.0 Å². The van der Waals surface area contributed by atoms with E-state index >= 15 is 4.39 Å². The van der Waals surface area contributed by atoms with Crippen molar-refractivity contribution < 1.29 is 37.5 Å². The maximum absolute atomic E-state index is 15.6. The van der Waals surface area contributed by atoms with Crippen molar-refractivity contribution in [1.82, 2.24) is 14.9 Å². The Morgan fingerprint density at radius 1 is 1.07 bits per heavy atom. The highest BCUT2D eigenvalue weighted by Gasteiger charge is 2.38. The maximum atomic E-state index is 15.6. The zero-order valence-electron chi connectivity index (χ0n) is 23.7. The van der Waals surface area contributed by atoms with Crippen molar-refractivity contribution in [3.8, 4) is 0 Å². The molecule has 0 unspecified atom stereocenters. The number of oxazole rings is 1. The lowest BCUT2D eigenvalue weighted by molar-refractivity contribution is -0.146. The van der Waals surface area contributed by atoms with E-state index in [1.54, 1.807) is 36.3 Å². The van der Waals surface area contributed by atoms with Gasteiger partial charge >= 0.3 is 5.97 Å². The number of fused-ring (bicyclic) bond motifs is 1. The average Bonchev–Trinajstić information content (AvgIpc) is 3.58. The summed E-state index contributed by atoms with van der Waals surface area (Å²) in [6, 6.07) is 8.47. The van der Waals surface area contributed by atoms with Crippen LogP contribution in [0, 0.1) is 17.6 Å². The van der Waals surface area contributed by atoms with E-state index in [4.69, 9.17) is 14.0 Å². The Hall–Kier alpha value is -3.61. The van der Waals surface area contributed by atoms with Crippen molar-refractivity contribution in [2.24, 2.45) is 5.92 Å². The molecule has 2 atom stereocenters. The number of carbonyl (C=O) groups excluding carboxylic acids is 1. The molecule has 0 bridgehead atoms. The number of ether oxygens (including phenoxy) is 1. The summed E-state index contributed by atoms with van der Waals surface area (Å²) in [5.74, 6) is -2.36. The summed E-state index contributed by atoms with van der Waals surface area (Å²) in [6.45, 7) is 0.827. The fourth-order valence-electron chi connectivity index (χ4n) is 5.91. The zero-order valence-corrected chi connectivity index (χ0v) is 23.7. The second-order valence-electron chi connectivity index (χ2n) is 11.0. The molecule has 2 heterocycles. The molecule has 42 heavy (non-hydrogen) atoms. The number of hydrogen-bond acceptors (Lipinski definition) is 8. The van der Waals surface area contributed by atoms with Crippen molar-refractivity contribution in [2.75, 3.05) is 32.6 Å². The summed E-state index contributed by atoms with van der Waals surface area (Å²) >= 11 is 0. The molecule has 1 aromatic heterocycles. The van der Waals surface area contributed by atoms with E-state index < -0.39 is 11.8 Å². The molecule has 3 aromatic rings. The lowest BCUT2D eigenvalue weighted by atomic mass is 9.87. The molecule has 2 aliphatic rings. The van der Waals surface area contributed by atoms with E-state index in [0.29, 0.717) is 44.5 Å². The number of amides is 1. The van der Waals surface area contributed by atoms with Gasteiger partial charge in [0.2, 0.25) is 5.91 Å². The van der Waals surface area contributed by atoms with Gasteiger partial charge in [0.1, 0.15) is 11.3 Å². The monoisotopic (exact) mass is 586 g/mol. The van der Waals surface area contributed by atoms with Crippen LogP contribution in [0.1, 0.15) is 44.1 Å². The summed E-state index contributed by atoms with van der Waals surface area (Å²) in [7, 11) is 3.36. The third kappa shape index (κ3) is 6.88. The lowest BCUT2D eigenvalue weighted by Gasteiger charge is -2.34. The largest absolute Gasteiger partial charge is 0.481 e. The Bertz CT molecular complexity index is 1390. The predicted octanol–water partition coefficient (Wildman–Crippen LogP) is 4.90. The van der Waals surface area contributed by atoms with E-state index in [1.807, 2.05) is 0 Å². The molecule has 12 heteroatoms. The van der Waals surface area contributed by atoms with Crippen LogP contribution < -0.4 is 5.32 Å². The number of aromatic nitrogens is 1. The van der Waals surface area contributed by atoms with Gasteiger partial charge in [0.25, 0.3) is 6.01 Å². The second kappa shape index (κ2) is 13.1. The molecule has 1 aliphatic heterocycles. The molecule has 10 nitrogen and oxygen atoms in total. The van der Waals surface area contributed by atoms with Crippen LogP contribution in [0.25, 0.3) is 11.1 Å². The Morgan fingerprint density at radius 2 is 1.79 bits per heavy atom. The highest BCUT2D eigenvalue weighted by atomic mass is 19.1. The molecule has 1 saturated carbocycles. The third-order valence-electron chi connectivity index (χ3n) is 8.25. The van der Waals surface area contributed by atoms with Crippen molar-refractivity contribution in [3.63, 3.8) is 0 Å². The highest BCUT2D eigenvalue weighted by Crippen LogP contribution is 2.31. The molecule has 1 amide bonds. The SMILES string of the molecule is CON(C)C[C@@H]1CC[C@@H](COC2CCC(C(=O)O)CC2)N1C(=O)Cc1ccc2nc(Nc3ccc(F)cc3)oc2c1F. The number of carboxylic acids is 1. The molecule has 1 aliphatic carbocycles. The van der Waals surface area contributed by atoms with Gasteiger partial charge in [-0.05, 0) is 68.9 Å².